The van der Waals surface area contributed by atoms with Crippen LogP contribution in [0.5, 0.6) is 0 Å². The summed E-state index contributed by atoms with van der Waals surface area (Å²) in [5.41, 5.74) is 3.77. The summed E-state index contributed by atoms with van der Waals surface area (Å²) in [5.74, 6) is -1.18. The van der Waals surface area contributed by atoms with Gasteiger partial charge in [0.2, 0.25) is 0 Å². The maximum Gasteiger partial charge on any atom is 0.294 e. The number of hydrogen-bond acceptors (Lipinski definition) is 2. The number of benzene rings is 3. The molecule has 0 aliphatic carbocycles. The number of aliphatic hydroxyl groups is 1. The minimum atomic E-state index is -0.520. The van der Waals surface area contributed by atoms with E-state index in [-0.39, 0.29) is 11.6 Å². The Labute approximate surface area is 170 Å². The lowest BCUT2D eigenvalue weighted by Gasteiger charge is -2.27. The number of carbonyl (C=O) groups excluding carboxylic acids is 1. The Kier molecular flexibility index (Phi) is 4.77. The standard InChI is InChI=1S/C23H17BrFNO2/c1-14-2-4-15(5-3-14)20-21(16-6-8-17(24)9-7-16)26(23(28)22(20)27)19-12-10-18(25)11-13-19/h2-13,21,27H,1H3/t21-/m1/s1. The molecule has 28 heavy (non-hydrogen) atoms. The van der Waals surface area contributed by atoms with Gasteiger partial charge < -0.3 is 5.11 Å². The number of nitrogens with zero attached hydrogens (tertiary/aromatic N) is 1. The van der Waals surface area contributed by atoms with E-state index in [9.17, 15) is 14.3 Å². The summed E-state index contributed by atoms with van der Waals surface area (Å²) in [7, 11) is 0. The van der Waals surface area contributed by atoms with E-state index >= 15 is 0 Å². The predicted molar refractivity (Wildman–Crippen MR) is 111 cm³/mol. The van der Waals surface area contributed by atoms with Crippen LogP contribution in [0.25, 0.3) is 5.57 Å². The van der Waals surface area contributed by atoms with Gasteiger partial charge in [-0.05, 0) is 54.4 Å². The van der Waals surface area contributed by atoms with Crippen LogP contribution in [0.15, 0.2) is 83.0 Å². The van der Waals surface area contributed by atoms with Gasteiger partial charge in [0, 0.05) is 15.7 Å². The topological polar surface area (TPSA) is 40.5 Å². The highest BCUT2D eigenvalue weighted by atomic mass is 79.9. The normalized spacial score (nSPS) is 16.8. The molecule has 4 rings (SSSR count). The van der Waals surface area contributed by atoms with Gasteiger partial charge in [0.25, 0.3) is 5.91 Å². The first-order valence-corrected chi connectivity index (χ1v) is 9.60. The molecule has 1 N–H and O–H groups in total. The van der Waals surface area contributed by atoms with Crippen molar-refractivity contribution in [1.82, 2.24) is 0 Å². The number of anilines is 1. The molecule has 3 nitrogen and oxygen atoms in total. The first-order valence-electron chi connectivity index (χ1n) is 8.80. The van der Waals surface area contributed by atoms with Crippen LogP contribution < -0.4 is 4.90 Å². The zero-order chi connectivity index (χ0) is 19.8. The van der Waals surface area contributed by atoms with E-state index in [0.717, 1.165) is 21.2 Å². The lowest BCUT2D eigenvalue weighted by atomic mass is 9.93. The summed E-state index contributed by atoms with van der Waals surface area (Å²) in [4.78, 5) is 14.5. The van der Waals surface area contributed by atoms with Crippen LogP contribution in [-0.4, -0.2) is 11.0 Å². The Morgan fingerprint density at radius 1 is 0.929 bits per heavy atom. The zero-order valence-electron chi connectivity index (χ0n) is 15.1. The Hall–Kier alpha value is -2.92. The van der Waals surface area contributed by atoms with Gasteiger partial charge in [0.15, 0.2) is 5.76 Å². The van der Waals surface area contributed by atoms with Crippen LogP contribution in [0.1, 0.15) is 22.7 Å². The molecule has 0 radical (unpaired) electrons. The average molecular weight is 438 g/mol. The molecule has 1 aliphatic rings. The van der Waals surface area contributed by atoms with Crippen molar-refractivity contribution in [2.75, 3.05) is 4.90 Å². The largest absolute Gasteiger partial charge is 0.503 e. The molecule has 0 aromatic heterocycles. The maximum absolute atomic E-state index is 13.4. The molecule has 0 saturated carbocycles. The zero-order valence-corrected chi connectivity index (χ0v) is 16.7. The van der Waals surface area contributed by atoms with E-state index < -0.39 is 11.9 Å². The molecular formula is C23H17BrFNO2. The van der Waals surface area contributed by atoms with Crippen molar-refractivity contribution in [3.8, 4) is 0 Å². The van der Waals surface area contributed by atoms with Crippen LogP contribution in [0.4, 0.5) is 10.1 Å². The van der Waals surface area contributed by atoms with Gasteiger partial charge in [-0.3, -0.25) is 9.69 Å². The third-order valence-electron chi connectivity index (χ3n) is 4.86. The molecule has 0 bridgehead atoms. The molecule has 1 aliphatic heterocycles. The number of aryl methyl sites for hydroxylation is 1. The third-order valence-corrected chi connectivity index (χ3v) is 5.39. The Balaban J connectivity index is 1.90. The highest BCUT2D eigenvalue weighted by Crippen LogP contribution is 2.45. The molecule has 1 atom stereocenters. The maximum atomic E-state index is 13.4. The van der Waals surface area contributed by atoms with Gasteiger partial charge in [-0.25, -0.2) is 4.39 Å². The van der Waals surface area contributed by atoms with Crippen LogP contribution in [0.2, 0.25) is 0 Å². The summed E-state index contributed by atoms with van der Waals surface area (Å²) in [5, 5.41) is 10.8. The van der Waals surface area contributed by atoms with Crippen LogP contribution in [-0.2, 0) is 4.79 Å². The van der Waals surface area contributed by atoms with Gasteiger partial charge in [-0.2, -0.15) is 0 Å². The quantitative estimate of drug-likeness (QED) is 0.549. The molecule has 3 aromatic carbocycles. The first kappa shape index (κ1) is 18.4. The van der Waals surface area contributed by atoms with Gasteiger partial charge in [0.1, 0.15) is 5.82 Å². The molecule has 0 fully saturated rings. The van der Waals surface area contributed by atoms with Gasteiger partial charge in [0.05, 0.1) is 6.04 Å². The lowest BCUT2D eigenvalue weighted by molar-refractivity contribution is -0.117. The molecule has 3 aromatic rings. The van der Waals surface area contributed by atoms with Crippen molar-refractivity contribution in [3.63, 3.8) is 0 Å². The Morgan fingerprint density at radius 2 is 1.54 bits per heavy atom. The van der Waals surface area contributed by atoms with Gasteiger partial charge in [-0.1, -0.05) is 57.9 Å². The smallest absolute Gasteiger partial charge is 0.294 e. The highest BCUT2D eigenvalue weighted by Gasteiger charge is 2.41. The number of hydrogen-bond donors (Lipinski definition) is 1. The minimum Gasteiger partial charge on any atom is -0.503 e. The fourth-order valence-electron chi connectivity index (χ4n) is 3.46. The van der Waals surface area contributed by atoms with E-state index in [2.05, 4.69) is 15.9 Å². The molecule has 1 heterocycles. The Bertz CT molecular complexity index is 1060. The molecule has 140 valence electrons. The molecule has 5 heteroatoms. The van der Waals surface area contributed by atoms with Crippen molar-refractivity contribution in [3.05, 3.63) is 106 Å². The van der Waals surface area contributed by atoms with E-state index in [0.29, 0.717) is 11.3 Å². The summed E-state index contributed by atoms with van der Waals surface area (Å²) in [6.07, 6.45) is 0. The predicted octanol–water partition coefficient (Wildman–Crippen LogP) is 5.95. The third kappa shape index (κ3) is 3.22. The second kappa shape index (κ2) is 7.24. The lowest BCUT2D eigenvalue weighted by Crippen LogP contribution is -2.30. The van der Waals surface area contributed by atoms with E-state index in [1.807, 2.05) is 55.5 Å². The van der Waals surface area contributed by atoms with E-state index in [4.69, 9.17) is 0 Å². The van der Waals surface area contributed by atoms with Crippen LogP contribution in [0, 0.1) is 12.7 Å². The van der Waals surface area contributed by atoms with Crippen LogP contribution in [0.3, 0.4) is 0 Å². The Morgan fingerprint density at radius 3 is 2.14 bits per heavy atom. The molecule has 0 saturated heterocycles. The number of aliphatic hydroxyl groups excluding tert-OH is 1. The first-order chi connectivity index (χ1) is 13.5. The average Bonchev–Trinajstić information content (AvgIpc) is 2.95. The van der Waals surface area contributed by atoms with Crippen LogP contribution >= 0.6 is 15.9 Å². The monoisotopic (exact) mass is 437 g/mol. The summed E-state index contributed by atoms with van der Waals surface area (Å²) < 4.78 is 14.3. The number of rotatable bonds is 3. The van der Waals surface area contributed by atoms with Crippen molar-refractivity contribution >= 4 is 33.1 Å². The van der Waals surface area contributed by atoms with Gasteiger partial charge >= 0.3 is 0 Å². The summed E-state index contributed by atoms with van der Waals surface area (Å²) >= 11 is 3.43. The summed E-state index contributed by atoms with van der Waals surface area (Å²) in [6.45, 7) is 1.98. The van der Waals surface area contributed by atoms with Crippen molar-refractivity contribution in [2.24, 2.45) is 0 Å². The van der Waals surface area contributed by atoms with Crippen molar-refractivity contribution in [2.45, 2.75) is 13.0 Å². The SMILES string of the molecule is Cc1ccc(C2=C(O)C(=O)N(c3ccc(F)cc3)[C@@H]2c2ccc(Br)cc2)cc1. The number of amides is 1. The second-order valence-corrected chi connectivity index (χ2v) is 7.65. The molecular weight excluding hydrogens is 421 g/mol. The van der Waals surface area contributed by atoms with Gasteiger partial charge in [-0.15, -0.1) is 0 Å². The van der Waals surface area contributed by atoms with E-state index in [1.54, 1.807) is 12.1 Å². The van der Waals surface area contributed by atoms with E-state index in [1.165, 1.54) is 17.0 Å². The van der Waals surface area contributed by atoms with Crippen molar-refractivity contribution in [1.29, 1.82) is 0 Å². The second-order valence-electron chi connectivity index (χ2n) is 6.73. The number of carbonyl (C=O) groups is 1. The molecule has 1 amide bonds. The highest BCUT2D eigenvalue weighted by molar-refractivity contribution is 9.10. The van der Waals surface area contributed by atoms with Crippen molar-refractivity contribution < 1.29 is 14.3 Å². The fraction of sp³-hybridized carbons (Fsp3) is 0.0870. The molecule has 0 unspecified atom stereocenters. The molecule has 0 spiro atoms. The fourth-order valence-corrected chi connectivity index (χ4v) is 3.73. The number of halogens is 2. The minimum absolute atomic E-state index is 0.291. The summed E-state index contributed by atoms with van der Waals surface area (Å²) in [6, 6.07) is 20.5.